The molecular weight excluding hydrogens is 456 g/mol. The van der Waals surface area contributed by atoms with Crippen molar-refractivity contribution in [3.63, 3.8) is 0 Å². The van der Waals surface area contributed by atoms with E-state index in [-0.39, 0.29) is 11.7 Å². The van der Waals surface area contributed by atoms with Crippen LogP contribution in [0, 0.1) is 0 Å². The van der Waals surface area contributed by atoms with Crippen molar-refractivity contribution < 1.29 is 17.3 Å². The van der Waals surface area contributed by atoms with Crippen molar-refractivity contribution in [3.05, 3.63) is 85.2 Å². The maximum atomic E-state index is 11.2. The standard InChI is InChI=1S/C23H20N6O4S/c1-2-16-13-19(10-11-26-16)32-18-8-6-17(7-9-18)27-22-14-21(28-23(24)29-22)15-4-3-5-20(12-15)33-34(25,30)31/h2-14H,1H2,(H2,25,30,31)(H3,24,27,28,29). The molecule has 0 aliphatic heterocycles. The summed E-state index contributed by atoms with van der Waals surface area (Å²) in [4.78, 5) is 12.6. The average molecular weight is 477 g/mol. The summed E-state index contributed by atoms with van der Waals surface area (Å²) in [7, 11) is -4.15. The summed E-state index contributed by atoms with van der Waals surface area (Å²) in [5.74, 6) is 1.82. The van der Waals surface area contributed by atoms with Gasteiger partial charge < -0.3 is 20.0 Å². The number of nitrogens with one attached hydrogen (secondary N) is 1. The summed E-state index contributed by atoms with van der Waals surface area (Å²) >= 11 is 0. The van der Waals surface area contributed by atoms with E-state index >= 15 is 0 Å². The highest BCUT2D eigenvalue weighted by Crippen LogP contribution is 2.28. The van der Waals surface area contributed by atoms with Gasteiger partial charge in [-0.2, -0.15) is 18.5 Å². The summed E-state index contributed by atoms with van der Waals surface area (Å²) in [5.41, 5.74) is 8.37. The second-order valence-corrected chi connectivity index (χ2v) is 8.12. The van der Waals surface area contributed by atoms with Gasteiger partial charge in [0, 0.05) is 29.6 Å². The van der Waals surface area contributed by atoms with E-state index in [1.54, 1.807) is 54.7 Å². The number of hydrogen-bond acceptors (Lipinski definition) is 9. The van der Waals surface area contributed by atoms with Crippen LogP contribution in [0.25, 0.3) is 17.3 Å². The number of aromatic nitrogens is 3. The Morgan fingerprint density at radius 3 is 2.47 bits per heavy atom. The van der Waals surface area contributed by atoms with Crippen LogP contribution in [0.3, 0.4) is 0 Å². The Hall–Kier alpha value is -4.48. The Morgan fingerprint density at radius 1 is 0.941 bits per heavy atom. The Labute approximate surface area is 196 Å². The number of pyridine rings is 1. The monoisotopic (exact) mass is 476 g/mol. The molecule has 0 bridgehead atoms. The third kappa shape index (κ3) is 6.06. The largest absolute Gasteiger partial charge is 0.457 e. The molecule has 0 aliphatic rings. The number of nitrogens with two attached hydrogens (primary N) is 2. The highest BCUT2D eigenvalue weighted by molar-refractivity contribution is 7.84. The van der Waals surface area contributed by atoms with Gasteiger partial charge in [0.2, 0.25) is 5.95 Å². The molecule has 2 aromatic heterocycles. The highest BCUT2D eigenvalue weighted by Gasteiger charge is 2.10. The van der Waals surface area contributed by atoms with Crippen molar-refractivity contribution in [2.24, 2.45) is 5.14 Å². The van der Waals surface area contributed by atoms with Gasteiger partial charge in [-0.15, -0.1) is 0 Å². The SMILES string of the molecule is C=Cc1cc(Oc2ccc(Nc3cc(-c4cccc(OS(N)(=O)=O)c4)nc(N)n3)cc2)ccn1. The topological polar surface area (TPSA) is 155 Å². The number of nitrogen functional groups attached to an aromatic ring is 1. The van der Waals surface area contributed by atoms with Crippen LogP contribution >= 0.6 is 0 Å². The molecular formula is C23H20N6O4S. The molecule has 2 aromatic carbocycles. The van der Waals surface area contributed by atoms with Crippen LogP contribution in [0.5, 0.6) is 17.2 Å². The first-order chi connectivity index (χ1) is 16.3. The van der Waals surface area contributed by atoms with Gasteiger partial charge in [-0.05, 0) is 48.5 Å². The fraction of sp³-hybridized carbons (Fsp3) is 0. The molecule has 34 heavy (non-hydrogen) atoms. The van der Waals surface area contributed by atoms with E-state index in [4.69, 9.17) is 19.8 Å². The van der Waals surface area contributed by atoms with Crippen LogP contribution in [0.1, 0.15) is 5.69 Å². The predicted octanol–water partition coefficient (Wildman–Crippen LogP) is 3.88. The first-order valence-electron chi connectivity index (χ1n) is 9.88. The summed E-state index contributed by atoms with van der Waals surface area (Å²) < 4.78 is 33.0. The van der Waals surface area contributed by atoms with E-state index in [0.29, 0.717) is 28.6 Å². The van der Waals surface area contributed by atoms with Crippen LogP contribution in [0.4, 0.5) is 17.5 Å². The molecule has 172 valence electrons. The smallest absolute Gasteiger partial charge is 0.380 e. The Kier molecular flexibility index (Phi) is 6.39. The third-order valence-corrected chi connectivity index (χ3v) is 4.83. The molecule has 11 heteroatoms. The lowest BCUT2D eigenvalue weighted by molar-refractivity contribution is 0.482. The number of anilines is 3. The highest BCUT2D eigenvalue weighted by atomic mass is 32.2. The molecule has 0 atom stereocenters. The van der Waals surface area contributed by atoms with E-state index in [0.717, 1.165) is 11.4 Å². The molecule has 0 spiro atoms. The van der Waals surface area contributed by atoms with Gasteiger partial charge >= 0.3 is 10.3 Å². The molecule has 0 radical (unpaired) electrons. The number of rotatable bonds is 8. The van der Waals surface area contributed by atoms with Crippen LogP contribution in [-0.4, -0.2) is 23.4 Å². The van der Waals surface area contributed by atoms with Gasteiger partial charge in [0.15, 0.2) is 0 Å². The second-order valence-electron chi connectivity index (χ2n) is 6.97. The normalized spacial score (nSPS) is 11.0. The van der Waals surface area contributed by atoms with Crippen molar-refractivity contribution >= 4 is 33.8 Å². The van der Waals surface area contributed by atoms with Crippen molar-refractivity contribution in [3.8, 4) is 28.5 Å². The summed E-state index contributed by atoms with van der Waals surface area (Å²) in [5, 5.41) is 8.10. The lowest BCUT2D eigenvalue weighted by atomic mass is 10.1. The Morgan fingerprint density at radius 2 is 1.74 bits per heavy atom. The van der Waals surface area contributed by atoms with Crippen LogP contribution in [0.2, 0.25) is 0 Å². The molecule has 0 unspecified atom stereocenters. The molecule has 2 heterocycles. The molecule has 0 saturated heterocycles. The first kappa shape index (κ1) is 22.7. The summed E-state index contributed by atoms with van der Waals surface area (Å²) in [6.07, 6.45) is 3.29. The molecule has 0 saturated carbocycles. The van der Waals surface area contributed by atoms with Gasteiger partial charge in [-0.1, -0.05) is 18.7 Å². The minimum atomic E-state index is -4.15. The first-order valence-corrected chi connectivity index (χ1v) is 11.4. The maximum absolute atomic E-state index is 11.2. The molecule has 10 nitrogen and oxygen atoms in total. The van der Waals surface area contributed by atoms with Crippen molar-refractivity contribution in [2.75, 3.05) is 11.1 Å². The van der Waals surface area contributed by atoms with Crippen molar-refractivity contribution in [2.45, 2.75) is 0 Å². The number of ether oxygens (including phenoxy) is 1. The van der Waals surface area contributed by atoms with Crippen molar-refractivity contribution in [1.29, 1.82) is 0 Å². The quantitative estimate of drug-likeness (QED) is 0.343. The van der Waals surface area contributed by atoms with Crippen molar-refractivity contribution in [1.82, 2.24) is 15.0 Å². The molecule has 4 rings (SSSR count). The summed E-state index contributed by atoms with van der Waals surface area (Å²) in [6, 6.07) is 18.7. The number of nitrogens with zero attached hydrogens (tertiary/aromatic N) is 3. The predicted molar refractivity (Wildman–Crippen MR) is 130 cm³/mol. The minimum absolute atomic E-state index is 0.0356. The number of benzene rings is 2. The minimum Gasteiger partial charge on any atom is -0.457 e. The second kappa shape index (κ2) is 9.57. The van der Waals surface area contributed by atoms with Crippen LogP contribution in [-0.2, 0) is 10.3 Å². The molecule has 0 amide bonds. The number of hydrogen-bond donors (Lipinski definition) is 3. The average Bonchev–Trinajstić information content (AvgIpc) is 2.79. The lowest BCUT2D eigenvalue weighted by Crippen LogP contribution is -2.18. The molecule has 0 fully saturated rings. The van der Waals surface area contributed by atoms with Gasteiger partial charge in [-0.25, -0.2) is 4.98 Å². The van der Waals surface area contributed by atoms with Crippen LogP contribution < -0.4 is 25.1 Å². The van der Waals surface area contributed by atoms with Gasteiger partial charge in [-0.3, -0.25) is 4.98 Å². The van der Waals surface area contributed by atoms with Gasteiger partial charge in [0.05, 0.1) is 11.4 Å². The fourth-order valence-electron chi connectivity index (χ4n) is 3.01. The Balaban J connectivity index is 1.51. The third-order valence-electron chi connectivity index (χ3n) is 4.41. The lowest BCUT2D eigenvalue weighted by Gasteiger charge is -2.11. The van der Waals surface area contributed by atoms with Crippen LogP contribution in [0.15, 0.2) is 79.5 Å². The molecule has 5 N–H and O–H groups in total. The molecule has 4 aromatic rings. The van der Waals surface area contributed by atoms with Gasteiger partial charge in [0.1, 0.15) is 23.1 Å². The van der Waals surface area contributed by atoms with Gasteiger partial charge in [0.25, 0.3) is 0 Å². The van der Waals surface area contributed by atoms with E-state index in [1.807, 2.05) is 12.1 Å². The fourth-order valence-corrected chi connectivity index (χ4v) is 3.38. The van der Waals surface area contributed by atoms with E-state index < -0.39 is 10.3 Å². The zero-order valence-electron chi connectivity index (χ0n) is 17.8. The Bertz CT molecular complexity index is 1440. The zero-order valence-corrected chi connectivity index (χ0v) is 18.6. The maximum Gasteiger partial charge on any atom is 0.380 e. The molecule has 0 aliphatic carbocycles. The van der Waals surface area contributed by atoms with E-state index in [9.17, 15) is 8.42 Å². The van der Waals surface area contributed by atoms with E-state index in [2.05, 4.69) is 26.8 Å². The van der Waals surface area contributed by atoms with E-state index in [1.165, 1.54) is 12.1 Å². The zero-order chi connectivity index (χ0) is 24.1. The summed E-state index contributed by atoms with van der Waals surface area (Å²) in [6.45, 7) is 3.70.